The van der Waals surface area contributed by atoms with Gasteiger partial charge in [-0.1, -0.05) is 0 Å². The average molecular weight is 290 g/mol. The molecule has 0 aromatic heterocycles. The Hall–Kier alpha value is -1.65. The summed E-state index contributed by atoms with van der Waals surface area (Å²) in [4.78, 5) is 0. The zero-order chi connectivity index (χ0) is 14.5. The van der Waals surface area contributed by atoms with Crippen LogP contribution in [0.15, 0.2) is 48.5 Å². The van der Waals surface area contributed by atoms with E-state index in [0.29, 0.717) is 0 Å². The van der Waals surface area contributed by atoms with Crippen LogP contribution in [0, 0.1) is 0 Å². The summed E-state index contributed by atoms with van der Waals surface area (Å²) in [5.41, 5.74) is 2.02. The topological polar surface area (TPSA) is 41.5 Å². The molecule has 0 saturated carbocycles. The molecule has 0 fully saturated rings. The highest BCUT2D eigenvalue weighted by atomic mass is 32.2. The molecule has 20 heavy (non-hydrogen) atoms. The van der Waals surface area contributed by atoms with Crippen molar-refractivity contribution in [1.29, 1.82) is 0 Å². The van der Waals surface area contributed by atoms with Crippen LogP contribution in [0.2, 0.25) is 0 Å². The smallest absolute Gasteiger partial charge is 0.165 e. The van der Waals surface area contributed by atoms with Crippen LogP contribution in [0.5, 0.6) is 11.5 Å². The molecule has 0 bridgehead atoms. The summed E-state index contributed by atoms with van der Waals surface area (Å²) >= 11 is -1.00. The van der Waals surface area contributed by atoms with Gasteiger partial charge in [0.2, 0.25) is 0 Å². The van der Waals surface area contributed by atoms with E-state index in [-0.39, 0.29) is 5.25 Å². The fourth-order valence-corrected chi connectivity index (χ4v) is 3.21. The van der Waals surface area contributed by atoms with Crippen LogP contribution in [-0.4, -0.2) is 25.0 Å². The molecule has 4 heteroatoms. The number of benzene rings is 2. The highest BCUT2D eigenvalue weighted by Crippen LogP contribution is 2.31. The van der Waals surface area contributed by atoms with Gasteiger partial charge in [0.15, 0.2) is 5.25 Å². The lowest BCUT2D eigenvalue weighted by Crippen LogP contribution is -2.13. The van der Waals surface area contributed by atoms with E-state index in [1.165, 1.54) is 0 Å². The fourth-order valence-electron chi connectivity index (χ4n) is 2.13. The van der Waals surface area contributed by atoms with Crippen LogP contribution in [0.1, 0.15) is 16.4 Å². The normalized spacial score (nSPS) is 12.2. The van der Waals surface area contributed by atoms with Crippen molar-refractivity contribution >= 4 is 11.2 Å². The minimum atomic E-state index is -1.00. The molecule has 0 saturated heterocycles. The second kappa shape index (κ2) is 6.68. The SMILES string of the molecule is COc1ccc(C(c2ccc(OC)cc2)[S+](C)[O-])cc1. The number of methoxy groups -OCH3 is 2. The van der Waals surface area contributed by atoms with Crippen molar-refractivity contribution in [1.82, 2.24) is 0 Å². The van der Waals surface area contributed by atoms with Crippen LogP contribution in [0.4, 0.5) is 0 Å². The maximum atomic E-state index is 12.1. The predicted molar refractivity (Wildman–Crippen MR) is 81.9 cm³/mol. The number of hydrogen-bond donors (Lipinski definition) is 0. The Labute approximate surface area is 122 Å². The minimum absolute atomic E-state index is 0.146. The first kappa shape index (κ1) is 14.8. The summed E-state index contributed by atoms with van der Waals surface area (Å²) in [6.45, 7) is 0. The molecule has 0 aliphatic heterocycles. The summed E-state index contributed by atoms with van der Waals surface area (Å²) in [6.07, 6.45) is 1.72. The van der Waals surface area contributed by atoms with Gasteiger partial charge in [0.1, 0.15) is 11.5 Å². The van der Waals surface area contributed by atoms with Gasteiger partial charge >= 0.3 is 0 Å². The molecule has 0 radical (unpaired) electrons. The molecule has 0 aliphatic rings. The van der Waals surface area contributed by atoms with E-state index < -0.39 is 11.2 Å². The molecule has 2 rings (SSSR count). The molecular weight excluding hydrogens is 272 g/mol. The van der Waals surface area contributed by atoms with Crippen molar-refractivity contribution in [2.75, 3.05) is 20.5 Å². The van der Waals surface area contributed by atoms with Gasteiger partial charge in [0.05, 0.1) is 20.5 Å². The minimum Gasteiger partial charge on any atom is -0.616 e. The van der Waals surface area contributed by atoms with Gasteiger partial charge in [-0.3, -0.25) is 0 Å². The standard InChI is InChI=1S/C16H18O3S/c1-18-14-8-4-12(5-9-14)16(20(3)17)13-6-10-15(19-2)11-7-13/h4-11,16H,1-3H3. The fraction of sp³-hybridized carbons (Fsp3) is 0.250. The molecule has 2 aromatic rings. The average Bonchev–Trinajstić information content (AvgIpc) is 2.48. The molecule has 0 N–H and O–H groups in total. The Bertz CT molecular complexity index is 487. The Morgan fingerprint density at radius 2 is 1.15 bits per heavy atom. The number of rotatable bonds is 5. The molecule has 0 spiro atoms. The highest BCUT2D eigenvalue weighted by Gasteiger charge is 2.23. The molecular formula is C16H18O3S. The zero-order valence-electron chi connectivity index (χ0n) is 11.8. The van der Waals surface area contributed by atoms with Crippen molar-refractivity contribution in [3.8, 4) is 11.5 Å². The third kappa shape index (κ3) is 3.26. The van der Waals surface area contributed by atoms with E-state index in [2.05, 4.69) is 0 Å². The summed E-state index contributed by atoms with van der Waals surface area (Å²) in [7, 11) is 3.27. The van der Waals surface area contributed by atoms with E-state index in [1.807, 2.05) is 48.5 Å². The zero-order valence-corrected chi connectivity index (χ0v) is 12.6. The Morgan fingerprint density at radius 1 is 0.800 bits per heavy atom. The second-order valence-corrected chi connectivity index (χ2v) is 5.89. The quantitative estimate of drug-likeness (QED) is 0.794. The summed E-state index contributed by atoms with van der Waals surface area (Å²) < 4.78 is 22.4. The second-order valence-electron chi connectivity index (χ2n) is 4.42. The predicted octanol–water partition coefficient (Wildman–Crippen LogP) is 3.17. The molecule has 106 valence electrons. The maximum Gasteiger partial charge on any atom is 0.165 e. The van der Waals surface area contributed by atoms with Crippen molar-refractivity contribution in [3.05, 3.63) is 59.7 Å². The molecule has 0 aliphatic carbocycles. The number of ether oxygens (including phenoxy) is 2. The van der Waals surface area contributed by atoms with Gasteiger partial charge in [-0.2, -0.15) is 0 Å². The van der Waals surface area contributed by atoms with Crippen LogP contribution in [0.3, 0.4) is 0 Å². The van der Waals surface area contributed by atoms with Gasteiger partial charge in [0, 0.05) is 11.1 Å². The first-order valence-electron chi connectivity index (χ1n) is 6.26. The monoisotopic (exact) mass is 290 g/mol. The third-order valence-electron chi connectivity index (χ3n) is 3.17. The number of hydrogen-bond acceptors (Lipinski definition) is 3. The molecule has 0 amide bonds. The summed E-state index contributed by atoms with van der Waals surface area (Å²) in [5, 5.41) is -0.146. The van der Waals surface area contributed by atoms with Gasteiger partial charge in [-0.25, -0.2) is 0 Å². The summed E-state index contributed by atoms with van der Waals surface area (Å²) in [5.74, 6) is 1.59. The van der Waals surface area contributed by atoms with Crippen LogP contribution in [-0.2, 0) is 11.2 Å². The van der Waals surface area contributed by atoms with Crippen molar-refractivity contribution in [3.63, 3.8) is 0 Å². The highest BCUT2D eigenvalue weighted by molar-refractivity contribution is 7.91. The van der Waals surface area contributed by atoms with Crippen molar-refractivity contribution in [2.45, 2.75) is 5.25 Å². The first-order chi connectivity index (χ1) is 9.65. The molecule has 1 unspecified atom stereocenters. The van der Waals surface area contributed by atoms with E-state index in [9.17, 15) is 4.55 Å². The van der Waals surface area contributed by atoms with Gasteiger partial charge in [-0.15, -0.1) is 0 Å². The molecule has 3 nitrogen and oxygen atoms in total. The van der Waals surface area contributed by atoms with Crippen LogP contribution in [0.25, 0.3) is 0 Å². The van der Waals surface area contributed by atoms with Crippen molar-refractivity contribution < 1.29 is 14.0 Å². The van der Waals surface area contributed by atoms with E-state index in [1.54, 1.807) is 20.5 Å². The Morgan fingerprint density at radius 3 is 1.40 bits per heavy atom. The lowest BCUT2D eigenvalue weighted by Gasteiger charge is -2.20. The van der Waals surface area contributed by atoms with Gasteiger partial charge in [-0.05, 0) is 59.7 Å². The Kier molecular flexibility index (Phi) is 4.93. The lowest BCUT2D eigenvalue weighted by atomic mass is 10.0. The first-order valence-corrected chi connectivity index (χ1v) is 7.88. The van der Waals surface area contributed by atoms with E-state index in [0.717, 1.165) is 22.6 Å². The molecule has 1 atom stereocenters. The van der Waals surface area contributed by atoms with E-state index >= 15 is 0 Å². The third-order valence-corrected chi connectivity index (χ3v) is 4.38. The largest absolute Gasteiger partial charge is 0.616 e. The van der Waals surface area contributed by atoms with Crippen molar-refractivity contribution in [2.24, 2.45) is 0 Å². The lowest BCUT2D eigenvalue weighted by molar-refractivity contribution is 0.414. The Balaban J connectivity index is 2.33. The summed E-state index contributed by atoms with van der Waals surface area (Å²) in [6, 6.07) is 15.4. The molecule has 0 heterocycles. The van der Waals surface area contributed by atoms with Gasteiger partial charge in [0.25, 0.3) is 0 Å². The molecule has 2 aromatic carbocycles. The van der Waals surface area contributed by atoms with Gasteiger partial charge < -0.3 is 14.0 Å². The van der Waals surface area contributed by atoms with E-state index in [4.69, 9.17) is 9.47 Å². The maximum absolute atomic E-state index is 12.1. The van der Waals surface area contributed by atoms with Crippen LogP contribution < -0.4 is 9.47 Å². The van der Waals surface area contributed by atoms with Crippen LogP contribution >= 0.6 is 0 Å².